The number of hydrazone groups is 1. The van der Waals surface area contributed by atoms with Crippen LogP contribution in [0.1, 0.15) is 5.56 Å². The molecule has 0 bridgehead atoms. The third-order valence-corrected chi connectivity index (χ3v) is 7.40. The summed E-state index contributed by atoms with van der Waals surface area (Å²) in [6.07, 6.45) is 1.11. The van der Waals surface area contributed by atoms with Gasteiger partial charge in [-0.25, -0.2) is 4.83 Å². The van der Waals surface area contributed by atoms with E-state index >= 15 is 0 Å². The molecule has 0 atom stereocenters. The van der Waals surface area contributed by atoms with Crippen molar-refractivity contribution in [3.8, 4) is 5.75 Å². The summed E-state index contributed by atoms with van der Waals surface area (Å²) in [5.41, 5.74) is -0.0893. The molecule has 0 saturated carbocycles. The molecular weight excluding hydrogens is 494 g/mol. The number of rotatable bonds is 8. The monoisotopic (exact) mass is 511 g/mol. The number of nitrogens with zero attached hydrogens (tertiary/aromatic N) is 2. The molecule has 0 aliphatic carbocycles. The number of hydrogen-bond donors (Lipinski definition) is 1. The first-order valence-electron chi connectivity index (χ1n) is 9.98. The number of non-ortho nitro benzene ring substituents is 1. The minimum absolute atomic E-state index is 0.0398. The predicted octanol–water partition coefficient (Wildman–Crippen LogP) is 3.83. The van der Waals surface area contributed by atoms with Crippen molar-refractivity contribution in [2.24, 2.45) is 5.10 Å². The molecule has 0 heterocycles. The average molecular weight is 512 g/mol. The van der Waals surface area contributed by atoms with Gasteiger partial charge in [0, 0.05) is 23.1 Å². The topological polar surface area (TPSA) is 145 Å². The van der Waals surface area contributed by atoms with Gasteiger partial charge < -0.3 is 4.18 Å². The first-order valence-corrected chi connectivity index (χ1v) is 12.9. The molecule has 0 aromatic heterocycles. The predicted molar refractivity (Wildman–Crippen MR) is 129 cm³/mol. The van der Waals surface area contributed by atoms with E-state index in [0.717, 1.165) is 35.9 Å². The van der Waals surface area contributed by atoms with Crippen LogP contribution in [-0.4, -0.2) is 28.0 Å². The van der Waals surface area contributed by atoms with Crippen LogP contribution in [0.2, 0.25) is 0 Å². The van der Waals surface area contributed by atoms with Crippen molar-refractivity contribution in [2.75, 3.05) is 0 Å². The molecule has 178 valence electrons. The van der Waals surface area contributed by atoms with Gasteiger partial charge in [-0.05, 0) is 35.7 Å². The second-order valence-corrected chi connectivity index (χ2v) is 10.3. The lowest BCUT2D eigenvalue weighted by molar-refractivity contribution is -0.384. The Kier molecular flexibility index (Phi) is 6.49. The lowest BCUT2D eigenvalue weighted by Crippen LogP contribution is -2.19. The molecule has 0 unspecified atom stereocenters. The first kappa shape index (κ1) is 23.9. The summed E-state index contributed by atoms with van der Waals surface area (Å²) in [7, 11) is -8.34. The van der Waals surface area contributed by atoms with Crippen molar-refractivity contribution < 1.29 is 25.9 Å². The summed E-state index contributed by atoms with van der Waals surface area (Å²) in [6, 6.07) is 22.0. The third kappa shape index (κ3) is 5.28. The van der Waals surface area contributed by atoms with Gasteiger partial charge >= 0.3 is 10.1 Å². The minimum Gasteiger partial charge on any atom is -0.378 e. The Morgan fingerprint density at radius 3 is 2.23 bits per heavy atom. The maximum atomic E-state index is 12.8. The summed E-state index contributed by atoms with van der Waals surface area (Å²) in [5, 5.41) is 15.8. The van der Waals surface area contributed by atoms with Gasteiger partial charge in [0.2, 0.25) is 0 Å². The number of nitrogens with one attached hydrogen (secondary N) is 1. The Bertz CT molecular complexity index is 1650. The normalized spacial score (nSPS) is 12.0. The number of nitro benzene ring substituents is 1. The molecule has 35 heavy (non-hydrogen) atoms. The van der Waals surface area contributed by atoms with Crippen LogP contribution in [0.25, 0.3) is 10.8 Å². The summed E-state index contributed by atoms with van der Waals surface area (Å²) < 4.78 is 56.1. The van der Waals surface area contributed by atoms with E-state index in [4.69, 9.17) is 4.18 Å². The van der Waals surface area contributed by atoms with Gasteiger partial charge in [-0.3, -0.25) is 10.1 Å². The Labute approximate surface area is 200 Å². The van der Waals surface area contributed by atoms with Crippen LogP contribution in [-0.2, 0) is 20.1 Å². The van der Waals surface area contributed by atoms with Crippen molar-refractivity contribution in [3.05, 3.63) is 107 Å². The molecule has 4 aromatic carbocycles. The number of fused-ring (bicyclic) bond motifs is 1. The standard InChI is InChI=1S/C23H17N3O7S2/c27-26(28)19-12-14-20(15-13-19)35(31,32)33-22-10-4-2-7-18(22)16-24-25-34(29,30)23-11-5-8-17-6-1-3-9-21(17)23/h1-16,25H. The molecule has 4 rings (SSSR count). The molecule has 10 nitrogen and oxygen atoms in total. The molecule has 0 spiro atoms. The van der Waals surface area contributed by atoms with E-state index in [0.29, 0.717) is 5.39 Å². The van der Waals surface area contributed by atoms with Crippen LogP contribution in [0.4, 0.5) is 5.69 Å². The van der Waals surface area contributed by atoms with Gasteiger partial charge in [0.1, 0.15) is 4.90 Å². The lowest BCUT2D eigenvalue weighted by atomic mass is 10.1. The number of hydrogen-bond acceptors (Lipinski definition) is 8. The highest BCUT2D eigenvalue weighted by Gasteiger charge is 2.20. The highest BCUT2D eigenvalue weighted by molar-refractivity contribution is 7.89. The minimum atomic E-state index is -4.32. The zero-order valence-electron chi connectivity index (χ0n) is 17.8. The number of para-hydroxylation sites is 1. The largest absolute Gasteiger partial charge is 0.378 e. The van der Waals surface area contributed by atoms with E-state index < -0.39 is 25.1 Å². The fourth-order valence-corrected chi connectivity index (χ4v) is 5.19. The fourth-order valence-electron chi connectivity index (χ4n) is 3.21. The Morgan fingerprint density at radius 2 is 1.49 bits per heavy atom. The van der Waals surface area contributed by atoms with Gasteiger partial charge in [0.25, 0.3) is 15.7 Å². The van der Waals surface area contributed by atoms with Crippen molar-refractivity contribution in [2.45, 2.75) is 9.79 Å². The van der Waals surface area contributed by atoms with Crippen LogP contribution in [0.5, 0.6) is 5.75 Å². The van der Waals surface area contributed by atoms with Crippen molar-refractivity contribution in [1.82, 2.24) is 4.83 Å². The van der Waals surface area contributed by atoms with Gasteiger partial charge in [-0.2, -0.15) is 21.9 Å². The molecule has 12 heteroatoms. The molecule has 0 aliphatic heterocycles. The van der Waals surface area contributed by atoms with Gasteiger partial charge in [-0.1, -0.05) is 48.5 Å². The maximum Gasteiger partial charge on any atom is 0.339 e. The Balaban J connectivity index is 1.56. The Hall–Kier alpha value is -4.29. The molecular formula is C23H17N3O7S2. The Morgan fingerprint density at radius 1 is 0.829 bits per heavy atom. The third-order valence-electron chi connectivity index (χ3n) is 4.87. The quantitative estimate of drug-likeness (QED) is 0.164. The van der Waals surface area contributed by atoms with Crippen LogP contribution < -0.4 is 9.01 Å². The second kappa shape index (κ2) is 9.52. The van der Waals surface area contributed by atoms with Crippen LogP contribution >= 0.6 is 0 Å². The summed E-state index contributed by atoms with van der Waals surface area (Å²) in [4.78, 5) is 12.0. The molecule has 0 amide bonds. The number of benzene rings is 4. The van der Waals surface area contributed by atoms with E-state index in [1.165, 1.54) is 24.3 Å². The number of nitro groups is 1. The highest BCUT2D eigenvalue weighted by Crippen LogP contribution is 2.24. The summed E-state index contributed by atoms with van der Waals surface area (Å²) in [6.45, 7) is 0. The molecule has 0 fully saturated rings. The fraction of sp³-hybridized carbons (Fsp3) is 0. The maximum absolute atomic E-state index is 12.8. The second-order valence-electron chi connectivity index (χ2n) is 7.16. The molecule has 1 N–H and O–H groups in total. The van der Waals surface area contributed by atoms with E-state index in [9.17, 15) is 26.9 Å². The van der Waals surface area contributed by atoms with Crippen LogP contribution in [0, 0.1) is 10.1 Å². The van der Waals surface area contributed by atoms with Crippen LogP contribution in [0.3, 0.4) is 0 Å². The summed E-state index contributed by atoms with van der Waals surface area (Å²) >= 11 is 0. The first-order chi connectivity index (χ1) is 16.7. The summed E-state index contributed by atoms with van der Waals surface area (Å²) in [5.74, 6) is -0.112. The van der Waals surface area contributed by atoms with E-state index in [1.54, 1.807) is 42.5 Å². The molecule has 0 radical (unpaired) electrons. The van der Waals surface area contributed by atoms with Gasteiger partial charge in [0.05, 0.1) is 16.0 Å². The smallest absolute Gasteiger partial charge is 0.339 e. The zero-order valence-corrected chi connectivity index (χ0v) is 19.4. The van der Waals surface area contributed by atoms with Crippen molar-refractivity contribution in [1.29, 1.82) is 0 Å². The van der Waals surface area contributed by atoms with Crippen LogP contribution in [0.15, 0.2) is 106 Å². The van der Waals surface area contributed by atoms with Gasteiger partial charge in [-0.15, -0.1) is 0 Å². The lowest BCUT2D eigenvalue weighted by Gasteiger charge is -2.10. The van der Waals surface area contributed by atoms with E-state index in [1.807, 2.05) is 0 Å². The van der Waals surface area contributed by atoms with Crippen molar-refractivity contribution in [3.63, 3.8) is 0 Å². The number of sulfonamides is 1. The zero-order chi connectivity index (χ0) is 25.1. The molecule has 0 saturated heterocycles. The molecule has 0 aliphatic rings. The van der Waals surface area contributed by atoms with E-state index in [-0.39, 0.29) is 26.8 Å². The molecule has 4 aromatic rings. The average Bonchev–Trinajstić information content (AvgIpc) is 2.84. The highest BCUT2D eigenvalue weighted by atomic mass is 32.2. The van der Waals surface area contributed by atoms with E-state index in [2.05, 4.69) is 9.93 Å². The SMILES string of the molecule is O=[N+]([O-])c1ccc(S(=O)(=O)Oc2ccccc2C=NNS(=O)(=O)c2cccc3ccccc23)cc1. The van der Waals surface area contributed by atoms with Gasteiger partial charge in [0.15, 0.2) is 5.75 Å². The van der Waals surface area contributed by atoms with Crippen molar-refractivity contribution >= 4 is 42.8 Å².